The van der Waals surface area contributed by atoms with Gasteiger partial charge < -0.3 is 9.73 Å². The zero-order valence-electron chi connectivity index (χ0n) is 18.2. The van der Waals surface area contributed by atoms with Crippen LogP contribution in [0.1, 0.15) is 30.9 Å². The molecule has 0 spiro atoms. The fourth-order valence-corrected chi connectivity index (χ4v) is 7.62. The van der Waals surface area contributed by atoms with E-state index in [0.29, 0.717) is 28.6 Å². The summed E-state index contributed by atoms with van der Waals surface area (Å²) in [6.07, 6.45) is 3.76. The molecular weight excluding hydrogens is 452 g/mol. The SMILES string of the molecule is Cc1sc2ncn(CC(=O)NCc3ccco3)c(=O)c2c1S(=O)(=O)N1CC(C)CC(C)C1. The first-order chi connectivity index (χ1) is 15.2. The number of carbonyl (C=O) groups excluding carboxylic acids is 1. The number of nitrogens with one attached hydrogen (secondary N) is 1. The number of piperidine rings is 1. The van der Waals surface area contributed by atoms with Crippen LogP contribution in [-0.2, 0) is 27.9 Å². The second-order valence-electron chi connectivity index (χ2n) is 8.47. The molecule has 0 aromatic carbocycles. The number of nitrogens with zero attached hydrogens (tertiary/aromatic N) is 3. The lowest BCUT2D eigenvalue weighted by Gasteiger charge is -2.34. The Morgan fingerprint density at radius 2 is 2.03 bits per heavy atom. The molecule has 3 aromatic heterocycles. The number of hydrogen-bond acceptors (Lipinski definition) is 7. The molecule has 32 heavy (non-hydrogen) atoms. The maximum Gasteiger partial charge on any atom is 0.263 e. The number of sulfonamides is 1. The van der Waals surface area contributed by atoms with Gasteiger partial charge in [-0.1, -0.05) is 13.8 Å². The average Bonchev–Trinajstić information content (AvgIpc) is 3.35. The zero-order valence-corrected chi connectivity index (χ0v) is 19.8. The second kappa shape index (κ2) is 8.80. The summed E-state index contributed by atoms with van der Waals surface area (Å²) in [5.41, 5.74) is -0.538. The van der Waals surface area contributed by atoms with E-state index in [-0.39, 0.29) is 35.2 Å². The van der Waals surface area contributed by atoms with Crippen LogP contribution in [0.3, 0.4) is 0 Å². The van der Waals surface area contributed by atoms with Crippen molar-refractivity contribution in [3.05, 3.63) is 45.7 Å². The van der Waals surface area contributed by atoms with Crippen LogP contribution in [0.2, 0.25) is 0 Å². The molecule has 1 saturated heterocycles. The number of thiophene rings is 1. The molecule has 4 heterocycles. The lowest BCUT2D eigenvalue weighted by atomic mass is 9.94. The standard InChI is InChI=1S/C21H26N4O5S2/c1-13-7-14(2)10-25(9-13)32(28,29)19-15(3)31-20-18(19)21(27)24(12-23-20)11-17(26)22-8-16-5-4-6-30-16/h4-6,12-14H,7-11H2,1-3H3,(H,22,26). The van der Waals surface area contributed by atoms with Gasteiger partial charge in [-0.3, -0.25) is 14.2 Å². The third kappa shape index (κ3) is 4.37. The van der Waals surface area contributed by atoms with Gasteiger partial charge in [-0.05, 0) is 37.3 Å². The van der Waals surface area contributed by atoms with Crippen LogP contribution >= 0.6 is 11.3 Å². The van der Waals surface area contributed by atoms with E-state index in [1.807, 2.05) is 13.8 Å². The lowest BCUT2D eigenvalue weighted by Crippen LogP contribution is -2.43. The normalized spacial score (nSPS) is 20.0. The van der Waals surface area contributed by atoms with E-state index in [1.54, 1.807) is 19.1 Å². The smallest absolute Gasteiger partial charge is 0.263 e. The summed E-state index contributed by atoms with van der Waals surface area (Å²) in [5, 5.41) is 2.73. The van der Waals surface area contributed by atoms with Gasteiger partial charge in [-0.25, -0.2) is 13.4 Å². The first-order valence-electron chi connectivity index (χ1n) is 10.4. The molecule has 0 radical (unpaired) electrons. The van der Waals surface area contributed by atoms with E-state index in [0.717, 1.165) is 11.0 Å². The fraction of sp³-hybridized carbons (Fsp3) is 0.476. The summed E-state index contributed by atoms with van der Waals surface area (Å²) in [6, 6.07) is 3.45. The highest BCUT2D eigenvalue weighted by molar-refractivity contribution is 7.89. The van der Waals surface area contributed by atoms with Crippen LogP contribution in [0.5, 0.6) is 0 Å². The molecule has 0 bridgehead atoms. The van der Waals surface area contributed by atoms with Crippen molar-refractivity contribution in [1.82, 2.24) is 19.2 Å². The zero-order chi connectivity index (χ0) is 23.0. The van der Waals surface area contributed by atoms with E-state index in [9.17, 15) is 18.0 Å². The molecule has 2 atom stereocenters. The van der Waals surface area contributed by atoms with Gasteiger partial charge in [-0.15, -0.1) is 11.3 Å². The van der Waals surface area contributed by atoms with Crippen molar-refractivity contribution in [3.63, 3.8) is 0 Å². The highest BCUT2D eigenvalue weighted by atomic mass is 32.2. The molecule has 1 N–H and O–H groups in total. The van der Waals surface area contributed by atoms with E-state index >= 15 is 0 Å². The quantitative estimate of drug-likeness (QED) is 0.582. The Balaban J connectivity index is 1.66. The van der Waals surface area contributed by atoms with Gasteiger partial charge in [0.05, 0.1) is 24.5 Å². The number of hydrogen-bond donors (Lipinski definition) is 1. The minimum absolute atomic E-state index is 0.0154. The maximum absolute atomic E-state index is 13.6. The molecular formula is C21H26N4O5S2. The van der Waals surface area contributed by atoms with Crippen molar-refractivity contribution in [1.29, 1.82) is 0 Å². The molecule has 4 rings (SSSR count). The summed E-state index contributed by atoms with van der Waals surface area (Å²) in [6.45, 7) is 6.53. The predicted molar refractivity (Wildman–Crippen MR) is 121 cm³/mol. The molecule has 3 aromatic rings. The Bertz CT molecular complexity index is 1280. The second-order valence-corrected chi connectivity index (χ2v) is 11.5. The summed E-state index contributed by atoms with van der Waals surface area (Å²) in [7, 11) is -3.87. The fourth-order valence-electron chi connectivity index (χ4n) is 4.28. The van der Waals surface area contributed by atoms with Crippen molar-refractivity contribution in [2.75, 3.05) is 13.1 Å². The largest absolute Gasteiger partial charge is 0.467 e. The molecule has 1 amide bonds. The summed E-state index contributed by atoms with van der Waals surface area (Å²) >= 11 is 1.18. The number of aryl methyl sites for hydroxylation is 1. The summed E-state index contributed by atoms with van der Waals surface area (Å²) in [4.78, 5) is 30.7. The monoisotopic (exact) mass is 478 g/mol. The van der Waals surface area contributed by atoms with Gasteiger partial charge in [0, 0.05) is 18.0 Å². The maximum atomic E-state index is 13.6. The molecule has 11 heteroatoms. The molecule has 1 aliphatic rings. The van der Waals surface area contributed by atoms with Gasteiger partial charge in [0.25, 0.3) is 5.56 Å². The number of amides is 1. The minimum Gasteiger partial charge on any atom is -0.467 e. The van der Waals surface area contributed by atoms with E-state index in [4.69, 9.17) is 4.42 Å². The van der Waals surface area contributed by atoms with Gasteiger partial charge in [0.15, 0.2) is 0 Å². The Hall–Kier alpha value is -2.50. The van der Waals surface area contributed by atoms with E-state index < -0.39 is 21.5 Å². The van der Waals surface area contributed by atoms with Gasteiger partial charge in [0.1, 0.15) is 22.0 Å². The molecule has 1 fully saturated rings. The molecule has 172 valence electrons. The van der Waals surface area contributed by atoms with Crippen LogP contribution in [-0.4, -0.2) is 41.3 Å². The molecule has 0 saturated carbocycles. The van der Waals surface area contributed by atoms with Gasteiger partial charge in [-0.2, -0.15) is 4.31 Å². The summed E-state index contributed by atoms with van der Waals surface area (Å²) < 4.78 is 34.9. The van der Waals surface area contributed by atoms with Crippen molar-refractivity contribution in [2.24, 2.45) is 11.8 Å². The third-order valence-corrected chi connectivity index (χ3v) is 8.73. The van der Waals surface area contributed by atoms with E-state index in [1.165, 1.54) is 28.2 Å². The average molecular weight is 479 g/mol. The van der Waals surface area contributed by atoms with Crippen LogP contribution in [0.4, 0.5) is 0 Å². The van der Waals surface area contributed by atoms with Crippen LogP contribution in [0, 0.1) is 18.8 Å². The highest BCUT2D eigenvalue weighted by Crippen LogP contribution is 2.35. The predicted octanol–water partition coefficient (Wildman–Crippen LogP) is 2.34. The highest BCUT2D eigenvalue weighted by Gasteiger charge is 2.35. The first-order valence-corrected chi connectivity index (χ1v) is 12.7. The van der Waals surface area contributed by atoms with E-state index in [2.05, 4.69) is 10.3 Å². The number of aromatic nitrogens is 2. The topological polar surface area (TPSA) is 115 Å². The first kappa shape index (κ1) is 22.7. The van der Waals surface area contributed by atoms with Crippen LogP contribution < -0.4 is 10.9 Å². The van der Waals surface area contributed by atoms with Crippen molar-refractivity contribution >= 4 is 37.5 Å². The van der Waals surface area contributed by atoms with Crippen molar-refractivity contribution in [2.45, 2.75) is 45.2 Å². The summed E-state index contributed by atoms with van der Waals surface area (Å²) in [5.74, 6) is 0.670. The van der Waals surface area contributed by atoms with Crippen molar-refractivity contribution in [3.8, 4) is 0 Å². The number of fused-ring (bicyclic) bond motifs is 1. The molecule has 2 unspecified atom stereocenters. The number of furan rings is 1. The van der Waals surface area contributed by atoms with Crippen LogP contribution in [0.25, 0.3) is 10.2 Å². The number of rotatable bonds is 6. The minimum atomic E-state index is -3.87. The molecule has 9 nitrogen and oxygen atoms in total. The van der Waals surface area contributed by atoms with Crippen LogP contribution in [0.15, 0.2) is 38.8 Å². The Morgan fingerprint density at radius 1 is 1.31 bits per heavy atom. The molecule has 0 aliphatic carbocycles. The Kier molecular flexibility index (Phi) is 6.24. The Labute approximate surface area is 190 Å². The lowest BCUT2D eigenvalue weighted by molar-refractivity contribution is -0.122. The number of carbonyl (C=O) groups is 1. The third-order valence-electron chi connectivity index (χ3n) is 5.59. The van der Waals surface area contributed by atoms with Gasteiger partial charge >= 0.3 is 0 Å². The van der Waals surface area contributed by atoms with Crippen molar-refractivity contribution < 1.29 is 17.6 Å². The molecule has 1 aliphatic heterocycles. The Morgan fingerprint density at radius 3 is 2.69 bits per heavy atom. The van der Waals surface area contributed by atoms with Gasteiger partial charge in [0.2, 0.25) is 15.9 Å².